The van der Waals surface area contributed by atoms with Gasteiger partial charge in [0.15, 0.2) is 5.11 Å². The summed E-state index contributed by atoms with van der Waals surface area (Å²) in [6.45, 7) is 0.548. The van der Waals surface area contributed by atoms with Gasteiger partial charge in [-0.1, -0.05) is 60.7 Å². The van der Waals surface area contributed by atoms with Crippen LogP contribution < -0.4 is 20.9 Å². The fraction of sp³-hybridized carbons (Fsp3) is 0.125. The minimum Gasteiger partial charge on any atom is -0.493 e. The molecule has 0 fully saturated rings. The van der Waals surface area contributed by atoms with Crippen molar-refractivity contribution in [1.29, 1.82) is 0 Å². The number of nitrogens with one attached hydrogen (secondary N) is 3. The number of hydrogen-bond donors (Lipinski definition) is 3. The number of amides is 2. The van der Waals surface area contributed by atoms with Gasteiger partial charge in [-0.2, -0.15) is 0 Å². The van der Waals surface area contributed by atoms with E-state index in [1.54, 1.807) is 24.3 Å². The molecule has 0 heterocycles. The van der Waals surface area contributed by atoms with Gasteiger partial charge in [0, 0.05) is 12.0 Å². The summed E-state index contributed by atoms with van der Waals surface area (Å²) < 4.78 is 5.72. The summed E-state index contributed by atoms with van der Waals surface area (Å²) in [5.74, 6) is 0.0341. The number of hydrazine groups is 1. The molecule has 0 aromatic heterocycles. The third-order valence-corrected chi connectivity index (χ3v) is 4.57. The van der Waals surface area contributed by atoms with Crippen molar-refractivity contribution in [2.75, 3.05) is 6.61 Å². The number of rotatable bonds is 7. The molecule has 0 saturated heterocycles. The lowest BCUT2D eigenvalue weighted by Gasteiger charge is -2.11. The topological polar surface area (TPSA) is 79.5 Å². The second-order valence-electron chi connectivity index (χ2n) is 6.73. The molecule has 2 amide bonds. The Hall–Kier alpha value is -3.71. The maximum atomic E-state index is 12.3. The lowest BCUT2D eigenvalue weighted by atomic mass is 10.1. The zero-order valence-corrected chi connectivity index (χ0v) is 17.7. The summed E-state index contributed by atoms with van der Waals surface area (Å²) in [4.78, 5) is 24.2. The fourth-order valence-corrected chi connectivity index (χ4v) is 2.94. The first-order valence-electron chi connectivity index (χ1n) is 9.81. The quantitative estimate of drug-likeness (QED) is 0.394. The van der Waals surface area contributed by atoms with Gasteiger partial charge in [-0.05, 0) is 47.6 Å². The van der Waals surface area contributed by atoms with Crippen LogP contribution in [0.15, 0.2) is 84.9 Å². The van der Waals surface area contributed by atoms with Crippen LogP contribution in [0.4, 0.5) is 0 Å². The van der Waals surface area contributed by atoms with E-state index < -0.39 is 0 Å². The summed E-state index contributed by atoms with van der Waals surface area (Å²) in [6, 6.07) is 26.2. The number of carbonyl (C=O) groups excluding carboxylic acids is 2. The third kappa shape index (κ3) is 7.56. The molecule has 3 N–H and O–H groups in total. The Morgan fingerprint density at radius 3 is 2.03 bits per heavy atom. The Morgan fingerprint density at radius 1 is 0.774 bits per heavy atom. The molecule has 0 aliphatic heterocycles. The summed E-state index contributed by atoms with van der Waals surface area (Å²) in [7, 11) is 0. The van der Waals surface area contributed by atoms with Gasteiger partial charge in [-0.25, -0.2) is 0 Å². The smallest absolute Gasteiger partial charge is 0.257 e. The predicted molar refractivity (Wildman–Crippen MR) is 124 cm³/mol. The highest BCUT2D eigenvalue weighted by atomic mass is 32.1. The lowest BCUT2D eigenvalue weighted by molar-refractivity contribution is -0.121. The lowest BCUT2D eigenvalue weighted by Crippen LogP contribution is -2.48. The van der Waals surface area contributed by atoms with Crippen LogP contribution in [0.1, 0.15) is 21.5 Å². The molecule has 3 rings (SSSR count). The molecule has 31 heavy (non-hydrogen) atoms. The molecule has 158 valence electrons. The monoisotopic (exact) mass is 433 g/mol. The SMILES string of the molecule is O=C(Cc1ccccc1)NNC(=S)NC(=O)c1ccc(OCCc2ccccc2)cc1. The van der Waals surface area contributed by atoms with E-state index in [2.05, 4.69) is 28.3 Å². The summed E-state index contributed by atoms with van der Waals surface area (Å²) in [5, 5.41) is 2.53. The van der Waals surface area contributed by atoms with Crippen LogP contribution in [-0.4, -0.2) is 23.5 Å². The second kappa shape index (κ2) is 11.5. The highest BCUT2D eigenvalue weighted by Gasteiger charge is 2.09. The zero-order chi connectivity index (χ0) is 21.9. The molecule has 0 bridgehead atoms. The Balaban J connectivity index is 1.39. The maximum absolute atomic E-state index is 12.3. The van der Waals surface area contributed by atoms with Crippen LogP contribution in [0.25, 0.3) is 0 Å². The van der Waals surface area contributed by atoms with E-state index in [-0.39, 0.29) is 23.3 Å². The minimum atomic E-state index is -0.384. The van der Waals surface area contributed by atoms with Crippen molar-refractivity contribution in [2.45, 2.75) is 12.8 Å². The van der Waals surface area contributed by atoms with Gasteiger partial charge in [0.05, 0.1) is 13.0 Å². The van der Waals surface area contributed by atoms with Gasteiger partial charge >= 0.3 is 0 Å². The highest BCUT2D eigenvalue weighted by molar-refractivity contribution is 7.80. The van der Waals surface area contributed by atoms with E-state index in [4.69, 9.17) is 17.0 Å². The third-order valence-electron chi connectivity index (χ3n) is 4.37. The van der Waals surface area contributed by atoms with Crippen molar-refractivity contribution in [1.82, 2.24) is 16.2 Å². The van der Waals surface area contributed by atoms with Gasteiger partial charge < -0.3 is 4.74 Å². The van der Waals surface area contributed by atoms with Crippen LogP contribution in [0.2, 0.25) is 0 Å². The van der Waals surface area contributed by atoms with Crippen molar-refractivity contribution in [3.8, 4) is 5.75 Å². The largest absolute Gasteiger partial charge is 0.493 e. The first-order chi connectivity index (χ1) is 15.1. The molecule has 0 aliphatic carbocycles. The maximum Gasteiger partial charge on any atom is 0.257 e. The number of benzene rings is 3. The van der Waals surface area contributed by atoms with Crippen LogP contribution in [-0.2, 0) is 17.6 Å². The van der Waals surface area contributed by atoms with E-state index in [0.29, 0.717) is 17.9 Å². The summed E-state index contributed by atoms with van der Waals surface area (Å²) >= 11 is 5.06. The van der Waals surface area contributed by atoms with Gasteiger partial charge in [0.25, 0.3) is 5.91 Å². The molecule has 0 atom stereocenters. The Kier molecular flexibility index (Phi) is 8.13. The number of thiocarbonyl (C=S) groups is 1. The van der Waals surface area contributed by atoms with Gasteiger partial charge in [-0.15, -0.1) is 0 Å². The van der Waals surface area contributed by atoms with Crippen LogP contribution in [0.5, 0.6) is 5.75 Å². The molecular weight excluding hydrogens is 410 g/mol. The highest BCUT2D eigenvalue weighted by Crippen LogP contribution is 2.13. The summed E-state index contributed by atoms with van der Waals surface area (Å²) in [5.41, 5.74) is 7.51. The molecule has 3 aromatic carbocycles. The fourth-order valence-electron chi connectivity index (χ4n) is 2.79. The van der Waals surface area contributed by atoms with Crippen LogP contribution in [0.3, 0.4) is 0 Å². The molecular formula is C24H23N3O3S. The number of ether oxygens (including phenoxy) is 1. The van der Waals surface area contributed by atoms with E-state index in [1.807, 2.05) is 48.5 Å². The Morgan fingerprint density at radius 2 is 1.39 bits per heavy atom. The average Bonchev–Trinajstić information content (AvgIpc) is 2.79. The number of hydrogen-bond acceptors (Lipinski definition) is 4. The Labute approximate surface area is 186 Å². The van der Waals surface area contributed by atoms with Crippen molar-refractivity contribution in [3.05, 3.63) is 102 Å². The van der Waals surface area contributed by atoms with Gasteiger partial charge in [-0.3, -0.25) is 25.8 Å². The van der Waals surface area contributed by atoms with E-state index in [9.17, 15) is 9.59 Å². The average molecular weight is 434 g/mol. The first-order valence-corrected chi connectivity index (χ1v) is 10.2. The second-order valence-corrected chi connectivity index (χ2v) is 7.14. The number of carbonyl (C=O) groups is 2. The zero-order valence-electron chi connectivity index (χ0n) is 16.8. The van der Waals surface area contributed by atoms with Crippen molar-refractivity contribution in [3.63, 3.8) is 0 Å². The van der Waals surface area contributed by atoms with E-state index in [1.165, 1.54) is 5.56 Å². The molecule has 0 aliphatic rings. The minimum absolute atomic E-state index is 0.00889. The van der Waals surface area contributed by atoms with E-state index >= 15 is 0 Å². The van der Waals surface area contributed by atoms with Gasteiger partial charge in [0.1, 0.15) is 5.75 Å². The molecule has 0 saturated carbocycles. The summed E-state index contributed by atoms with van der Waals surface area (Å²) in [6.07, 6.45) is 1.01. The van der Waals surface area contributed by atoms with Crippen molar-refractivity contribution >= 4 is 29.1 Å². The first kappa shape index (κ1) is 22.0. The normalized spacial score (nSPS) is 10.1. The molecule has 0 radical (unpaired) electrons. The predicted octanol–water partition coefficient (Wildman–Crippen LogP) is 3.19. The standard InChI is InChI=1S/C24H23N3O3S/c28-22(17-19-9-5-2-6-10-19)26-27-24(31)25-23(29)20-11-13-21(14-12-20)30-16-15-18-7-3-1-4-8-18/h1-14H,15-17H2,(H,26,28)(H2,25,27,29,31). The van der Waals surface area contributed by atoms with Crippen LogP contribution in [0, 0.1) is 0 Å². The molecule has 6 nitrogen and oxygen atoms in total. The van der Waals surface area contributed by atoms with Crippen LogP contribution >= 0.6 is 12.2 Å². The molecule has 0 spiro atoms. The molecule has 0 unspecified atom stereocenters. The molecule has 3 aromatic rings. The molecule has 7 heteroatoms. The van der Waals surface area contributed by atoms with Crippen molar-refractivity contribution in [2.24, 2.45) is 0 Å². The van der Waals surface area contributed by atoms with Crippen molar-refractivity contribution < 1.29 is 14.3 Å². The Bertz CT molecular complexity index is 1010. The van der Waals surface area contributed by atoms with E-state index in [0.717, 1.165) is 12.0 Å². The van der Waals surface area contributed by atoms with Gasteiger partial charge in [0.2, 0.25) is 5.91 Å².